The molecule has 0 unspecified atom stereocenters. The number of nitrogens with one attached hydrogen (secondary N) is 2. The number of hydrogen-bond acceptors (Lipinski definition) is 5. The Morgan fingerprint density at radius 3 is 2.48 bits per heavy atom. The highest BCUT2D eigenvalue weighted by atomic mass is 16.6. The van der Waals surface area contributed by atoms with E-state index in [2.05, 4.69) is 10.6 Å². The Kier molecular flexibility index (Phi) is 7.59. The lowest BCUT2D eigenvalue weighted by Crippen LogP contribution is -2.41. The summed E-state index contributed by atoms with van der Waals surface area (Å²) < 4.78 is 10.0. The van der Waals surface area contributed by atoms with Crippen LogP contribution in [0.3, 0.4) is 0 Å². The van der Waals surface area contributed by atoms with Crippen molar-refractivity contribution in [3.05, 3.63) is 29.3 Å². The van der Waals surface area contributed by atoms with E-state index >= 15 is 0 Å². The molecule has 0 heterocycles. The number of hydrogen-bond donors (Lipinski definition) is 2. The Bertz CT molecular complexity index is 572. The molecule has 7 nitrogen and oxygen atoms in total. The van der Waals surface area contributed by atoms with E-state index < -0.39 is 24.5 Å². The van der Waals surface area contributed by atoms with Gasteiger partial charge < -0.3 is 14.8 Å². The van der Waals surface area contributed by atoms with Crippen LogP contribution in [0.2, 0.25) is 0 Å². The van der Waals surface area contributed by atoms with Gasteiger partial charge in [0.1, 0.15) is 5.75 Å². The van der Waals surface area contributed by atoms with Gasteiger partial charge in [0.05, 0.1) is 0 Å². The zero-order valence-electron chi connectivity index (χ0n) is 13.6. The van der Waals surface area contributed by atoms with Gasteiger partial charge in [0, 0.05) is 6.54 Å². The van der Waals surface area contributed by atoms with Crippen molar-refractivity contribution < 1.29 is 23.9 Å². The Balaban J connectivity index is 2.27. The van der Waals surface area contributed by atoms with Gasteiger partial charge in [-0.05, 0) is 43.5 Å². The van der Waals surface area contributed by atoms with Crippen LogP contribution in [0.1, 0.15) is 24.5 Å². The SMILES string of the molecule is CCCNC(=O)NC(=O)COC(=O)COc1ccc(C)c(C)c1. The molecule has 0 aliphatic rings. The third-order valence-corrected chi connectivity index (χ3v) is 2.99. The predicted octanol–water partition coefficient (Wildman–Crippen LogP) is 1.46. The molecule has 0 saturated heterocycles. The number of urea groups is 1. The van der Waals surface area contributed by atoms with E-state index in [9.17, 15) is 14.4 Å². The van der Waals surface area contributed by atoms with Gasteiger partial charge in [-0.3, -0.25) is 10.1 Å². The largest absolute Gasteiger partial charge is 0.482 e. The second-order valence-electron chi connectivity index (χ2n) is 5.00. The molecule has 3 amide bonds. The molecule has 0 aliphatic heterocycles. The summed E-state index contributed by atoms with van der Waals surface area (Å²) in [6.45, 7) is 5.42. The van der Waals surface area contributed by atoms with Gasteiger partial charge in [-0.2, -0.15) is 0 Å². The van der Waals surface area contributed by atoms with Gasteiger partial charge in [-0.15, -0.1) is 0 Å². The van der Waals surface area contributed by atoms with Crippen molar-refractivity contribution in [2.45, 2.75) is 27.2 Å². The standard InChI is InChI=1S/C16H22N2O5/c1-4-7-17-16(21)18-14(19)9-23-15(20)10-22-13-6-5-11(2)12(3)8-13/h5-6,8H,4,7,9-10H2,1-3H3,(H2,17,18,19,21). The molecule has 0 spiro atoms. The van der Waals surface area contributed by atoms with Crippen LogP contribution in [0, 0.1) is 13.8 Å². The van der Waals surface area contributed by atoms with Crippen LogP contribution >= 0.6 is 0 Å². The highest BCUT2D eigenvalue weighted by molar-refractivity contribution is 5.95. The number of benzene rings is 1. The van der Waals surface area contributed by atoms with Crippen molar-refractivity contribution in [1.29, 1.82) is 0 Å². The van der Waals surface area contributed by atoms with Crippen molar-refractivity contribution in [1.82, 2.24) is 10.6 Å². The first kappa shape index (κ1) is 18.5. The molecule has 7 heteroatoms. The number of ether oxygens (including phenoxy) is 2. The fourth-order valence-corrected chi connectivity index (χ4v) is 1.58. The molecule has 0 saturated carbocycles. The normalized spacial score (nSPS) is 9.87. The summed E-state index contributed by atoms with van der Waals surface area (Å²) in [5.74, 6) is -0.834. The third-order valence-electron chi connectivity index (χ3n) is 2.99. The lowest BCUT2D eigenvalue weighted by atomic mass is 10.1. The zero-order valence-corrected chi connectivity index (χ0v) is 13.6. The van der Waals surface area contributed by atoms with Gasteiger partial charge in [0.2, 0.25) is 0 Å². The van der Waals surface area contributed by atoms with E-state index in [0.29, 0.717) is 12.3 Å². The smallest absolute Gasteiger partial charge is 0.344 e. The lowest BCUT2D eigenvalue weighted by molar-refractivity contribution is -0.150. The number of amides is 3. The number of aryl methyl sites for hydroxylation is 2. The first-order valence-corrected chi connectivity index (χ1v) is 7.35. The Morgan fingerprint density at radius 2 is 1.83 bits per heavy atom. The van der Waals surface area contributed by atoms with E-state index in [-0.39, 0.29) is 6.61 Å². The quantitative estimate of drug-likeness (QED) is 0.741. The number of carbonyl (C=O) groups is 3. The van der Waals surface area contributed by atoms with Crippen LogP contribution in [-0.2, 0) is 14.3 Å². The van der Waals surface area contributed by atoms with E-state index in [1.54, 1.807) is 6.07 Å². The molecule has 1 aromatic rings. The van der Waals surface area contributed by atoms with Crippen LogP contribution in [0.4, 0.5) is 4.79 Å². The van der Waals surface area contributed by atoms with E-state index in [1.165, 1.54) is 0 Å². The van der Waals surface area contributed by atoms with Crippen LogP contribution in [-0.4, -0.2) is 37.7 Å². The van der Waals surface area contributed by atoms with E-state index in [0.717, 1.165) is 17.5 Å². The highest BCUT2D eigenvalue weighted by Crippen LogP contribution is 2.16. The maximum atomic E-state index is 11.5. The minimum absolute atomic E-state index is 0.308. The minimum atomic E-state index is -0.696. The van der Waals surface area contributed by atoms with Crippen LogP contribution < -0.4 is 15.4 Å². The maximum Gasteiger partial charge on any atom is 0.344 e. The fourth-order valence-electron chi connectivity index (χ4n) is 1.58. The summed E-state index contributed by atoms with van der Waals surface area (Å²) >= 11 is 0. The Labute approximate surface area is 135 Å². The van der Waals surface area contributed by atoms with Crippen LogP contribution in [0.15, 0.2) is 18.2 Å². The maximum absolute atomic E-state index is 11.5. The summed E-state index contributed by atoms with van der Waals surface area (Å²) in [6, 6.07) is 4.84. The second kappa shape index (κ2) is 9.45. The summed E-state index contributed by atoms with van der Waals surface area (Å²) in [5, 5.41) is 4.52. The number of carbonyl (C=O) groups excluding carboxylic acids is 3. The molecule has 0 radical (unpaired) electrons. The van der Waals surface area contributed by atoms with Crippen molar-refractivity contribution in [2.24, 2.45) is 0 Å². The minimum Gasteiger partial charge on any atom is -0.482 e. The third kappa shape index (κ3) is 7.30. The number of rotatable bonds is 7. The average molecular weight is 322 g/mol. The molecule has 1 rings (SSSR count). The van der Waals surface area contributed by atoms with E-state index in [4.69, 9.17) is 9.47 Å². The number of imide groups is 1. The van der Waals surface area contributed by atoms with Crippen LogP contribution in [0.25, 0.3) is 0 Å². The summed E-state index contributed by atoms with van der Waals surface area (Å²) in [6.07, 6.45) is 0.756. The molecule has 0 atom stereocenters. The second-order valence-corrected chi connectivity index (χ2v) is 5.00. The van der Waals surface area contributed by atoms with Crippen molar-refractivity contribution in [3.8, 4) is 5.75 Å². The monoisotopic (exact) mass is 322 g/mol. The average Bonchev–Trinajstić information content (AvgIpc) is 2.52. The molecule has 0 aliphatic carbocycles. The molecule has 1 aromatic carbocycles. The molecule has 126 valence electrons. The van der Waals surface area contributed by atoms with Crippen molar-refractivity contribution in [3.63, 3.8) is 0 Å². The molecular formula is C16H22N2O5. The lowest BCUT2D eigenvalue weighted by Gasteiger charge is -2.09. The fraction of sp³-hybridized carbons (Fsp3) is 0.438. The van der Waals surface area contributed by atoms with Gasteiger partial charge in [0.25, 0.3) is 5.91 Å². The highest BCUT2D eigenvalue weighted by Gasteiger charge is 2.11. The van der Waals surface area contributed by atoms with Gasteiger partial charge in [-0.25, -0.2) is 9.59 Å². The summed E-state index contributed by atoms with van der Waals surface area (Å²) in [5.41, 5.74) is 2.17. The van der Waals surface area contributed by atoms with Crippen molar-refractivity contribution >= 4 is 17.9 Å². The molecule has 0 aromatic heterocycles. The first-order valence-electron chi connectivity index (χ1n) is 7.35. The van der Waals surface area contributed by atoms with E-state index in [1.807, 2.05) is 32.9 Å². The molecule has 0 fully saturated rings. The van der Waals surface area contributed by atoms with Gasteiger partial charge in [-0.1, -0.05) is 13.0 Å². The Hall–Kier alpha value is -2.57. The zero-order chi connectivity index (χ0) is 17.2. The number of esters is 1. The van der Waals surface area contributed by atoms with Gasteiger partial charge >= 0.3 is 12.0 Å². The summed E-state index contributed by atoms with van der Waals surface area (Å²) in [7, 11) is 0. The molecular weight excluding hydrogens is 300 g/mol. The van der Waals surface area contributed by atoms with Crippen LogP contribution in [0.5, 0.6) is 5.75 Å². The molecule has 0 bridgehead atoms. The topological polar surface area (TPSA) is 93.7 Å². The molecule has 23 heavy (non-hydrogen) atoms. The first-order chi connectivity index (χ1) is 10.9. The van der Waals surface area contributed by atoms with Gasteiger partial charge in [0.15, 0.2) is 13.2 Å². The Morgan fingerprint density at radius 1 is 1.09 bits per heavy atom. The summed E-state index contributed by atoms with van der Waals surface area (Å²) in [4.78, 5) is 34.1. The molecule has 2 N–H and O–H groups in total. The van der Waals surface area contributed by atoms with Crippen molar-refractivity contribution in [2.75, 3.05) is 19.8 Å². The predicted molar refractivity (Wildman–Crippen MR) is 84.2 cm³/mol.